The van der Waals surface area contributed by atoms with Gasteiger partial charge in [0, 0.05) is 25.2 Å². The van der Waals surface area contributed by atoms with Gasteiger partial charge in [-0.05, 0) is 67.6 Å². The summed E-state index contributed by atoms with van der Waals surface area (Å²) in [7, 11) is -1.93. The molecule has 0 bridgehead atoms. The van der Waals surface area contributed by atoms with Crippen molar-refractivity contribution in [2.75, 3.05) is 20.2 Å². The number of ether oxygens (including phenoxy) is 1. The second-order valence-corrected chi connectivity index (χ2v) is 11.4. The van der Waals surface area contributed by atoms with Gasteiger partial charge in [0.25, 0.3) is 5.91 Å². The van der Waals surface area contributed by atoms with E-state index >= 15 is 0 Å². The van der Waals surface area contributed by atoms with Gasteiger partial charge in [0.15, 0.2) is 4.80 Å². The van der Waals surface area contributed by atoms with Crippen LogP contribution in [-0.2, 0) is 16.6 Å². The first-order valence-corrected chi connectivity index (χ1v) is 13.5. The fourth-order valence-electron chi connectivity index (χ4n) is 4.14. The molecule has 2 aromatic carbocycles. The first-order valence-electron chi connectivity index (χ1n) is 11.2. The van der Waals surface area contributed by atoms with Gasteiger partial charge in [0.1, 0.15) is 5.75 Å². The molecule has 1 amide bonds. The van der Waals surface area contributed by atoms with Gasteiger partial charge in [-0.1, -0.05) is 25.2 Å². The van der Waals surface area contributed by atoms with Crippen LogP contribution in [0.4, 0.5) is 0 Å². The molecular weight excluding hydrogens is 458 g/mol. The molecule has 176 valence electrons. The van der Waals surface area contributed by atoms with E-state index in [0.29, 0.717) is 29.4 Å². The highest BCUT2D eigenvalue weighted by atomic mass is 32.2. The molecule has 33 heavy (non-hydrogen) atoms. The van der Waals surface area contributed by atoms with Crippen molar-refractivity contribution in [1.29, 1.82) is 0 Å². The SMILES string of the molecule is CCCn1c(=NC(=O)c2ccc(S(=O)(=O)N3CCCC(C)C3)cc2)sc2cc(OC)ccc21. The molecular formula is C24H29N3O4S2. The Morgan fingerprint density at radius 2 is 1.97 bits per heavy atom. The van der Waals surface area contributed by atoms with Crippen LogP contribution in [-0.4, -0.2) is 43.4 Å². The molecule has 1 atom stereocenters. The van der Waals surface area contributed by atoms with Gasteiger partial charge in [-0.25, -0.2) is 8.42 Å². The van der Waals surface area contributed by atoms with E-state index < -0.39 is 15.9 Å². The van der Waals surface area contributed by atoms with Gasteiger partial charge in [0.05, 0.1) is 22.2 Å². The van der Waals surface area contributed by atoms with Gasteiger partial charge in [-0.3, -0.25) is 4.79 Å². The van der Waals surface area contributed by atoms with E-state index in [1.807, 2.05) is 22.8 Å². The van der Waals surface area contributed by atoms with Crippen LogP contribution >= 0.6 is 11.3 Å². The van der Waals surface area contributed by atoms with Crippen molar-refractivity contribution in [1.82, 2.24) is 8.87 Å². The summed E-state index contributed by atoms with van der Waals surface area (Å²) in [6.45, 7) is 5.96. The van der Waals surface area contributed by atoms with Gasteiger partial charge in [-0.15, -0.1) is 0 Å². The lowest BCUT2D eigenvalue weighted by Gasteiger charge is -2.30. The Balaban J connectivity index is 1.64. The average Bonchev–Trinajstić information content (AvgIpc) is 3.15. The average molecular weight is 488 g/mol. The lowest BCUT2D eigenvalue weighted by atomic mass is 10.0. The molecule has 1 saturated heterocycles. The molecule has 1 unspecified atom stereocenters. The fraction of sp³-hybridized carbons (Fsp3) is 0.417. The number of benzene rings is 2. The van der Waals surface area contributed by atoms with E-state index in [9.17, 15) is 13.2 Å². The first kappa shape index (κ1) is 23.7. The number of methoxy groups -OCH3 is 1. The number of piperidine rings is 1. The van der Waals surface area contributed by atoms with Gasteiger partial charge in [-0.2, -0.15) is 9.30 Å². The van der Waals surface area contributed by atoms with Crippen LogP contribution in [0.1, 0.15) is 43.5 Å². The van der Waals surface area contributed by atoms with Crippen LogP contribution in [0.3, 0.4) is 0 Å². The number of sulfonamides is 1. The second-order valence-electron chi connectivity index (χ2n) is 8.42. The Morgan fingerprint density at radius 1 is 1.21 bits per heavy atom. The quantitative estimate of drug-likeness (QED) is 0.520. The number of nitrogens with zero attached hydrogens (tertiary/aromatic N) is 3. The number of hydrogen-bond acceptors (Lipinski definition) is 5. The molecule has 0 aliphatic carbocycles. The van der Waals surface area contributed by atoms with E-state index in [0.717, 1.165) is 41.8 Å². The summed E-state index contributed by atoms with van der Waals surface area (Å²) in [6.07, 6.45) is 2.82. The molecule has 7 nitrogen and oxygen atoms in total. The highest BCUT2D eigenvalue weighted by molar-refractivity contribution is 7.89. The smallest absolute Gasteiger partial charge is 0.279 e. The van der Waals surface area contributed by atoms with E-state index in [4.69, 9.17) is 4.74 Å². The van der Waals surface area contributed by atoms with E-state index in [2.05, 4.69) is 18.8 Å². The number of rotatable bonds is 6. The van der Waals surface area contributed by atoms with Crippen LogP contribution in [0.5, 0.6) is 5.75 Å². The molecule has 1 fully saturated rings. The topological polar surface area (TPSA) is 81.0 Å². The van der Waals surface area contributed by atoms with Gasteiger partial charge >= 0.3 is 0 Å². The van der Waals surface area contributed by atoms with Crippen molar-refractivity contribution in [3.05, 3.63) is 52.8 Å². The van der Waals surface area contributed by atoms with Crippen LogP contribution in [0.15, 0.2) is 52.4 Å². The van der Waals surface area contributed by atoms with Crippen molar-refractivity contribution in [2.24, 2.45) is 10.9 Å². The zero-order valence-corrected chi connectivity index (χ0v) is 20.8. The summed E-state index contributed by atoms with van der Waals surface area (Å²) in [6, 6.07) is 11.9. The maximum Gasteiger partial charge on any atom is 0.279 e. The molecule has 0 radical (unpaired) electrons. The molecule has 0 spiro atoms. The molecule has 0 N–H and O–H groups in total. The fourth-order valence-corrected chi connectivity index (χ4v) is 6.82. The van der Waals surface area contributed by atoms with E-state index in [1.54, 1.807) is 23.5 Å². The van der Waals surface area contributed by atoms with Crippen molar-refractivity contribution < 1.29 is 17.9 Å². The Labute approximate surface area is 198 Å². The highest BCUT2D eigenvalue weighted by Gasteiger charge is 2.28. The first-order chi connectivity index (χ1) is 15.8. The van der Waals surface area contributed by atoms with Crippen LogP contribution in [0.2, 0.25) is 0 Å². The molecule has 4 rings (SSSR count). The van der Waals surface area contributed by atoms with Crippen LogP contribution in [0.25, 0.3) is 10.2 Å². The number of thiazole rings is 1. The lowest BCUT2D eigenvalue weighted by Crippen LogP contribution is -2.39. The second kappa shape index (κ2) is 9.79. The highest BCUT2D eigenvalue weighted by Crippen LogP contribution is 2.25. The number of fused-ring (bicyclic) bond motifs is 1. The number of hydrogen-bond donors (Lipinski definition) is 0. The number of carbonyl (C=O) groups is 1. The Hall–Kier alpha value is -2.49. The molecule has 9 heteroatoms. The number of amides is 1. The van der Waals surface area contributed by atoms with Gasteiger partial charge in [0.2, 0.25) is 10.0 Å². The molecule has 2 heterocycles. The molecule has 1 aliphatic heterocycles. The van der Waals surface area contributed by atoms with Crippen molar-refractivity contribution in [2.45, 2.75) is 44.6 Å². The predicted molar refractivity (Wildman–Crippen MR) is 130 cm³/mol. The van der Waals surface area contributed by atoms with E-state index in [-0.39, 0.29) is 4.90 Å². The monoisotopic (exact) mass is 487 g/mol. The third-order valence-corrected chi connectivity index (χ3v) is 8.81. The summed E-state index contributed by atoms with van der Waals surface area (Å²) >= 11 is 1.44. The third kappa shape index (κ3) is 4.90. The molecule has 1 aliphatic rings. The summed E-state index contributed by atoms with van der Waals surface area (Å²) < 4.78 is 35.8. The molecule has 3 aromatic rings. The Morgan fingerprint density at radius 3 is 2.64 bits per heavy atom. The third-order valence-electron chi connectivity index (χ3n) is 5.89. The Kier molecular flexibility index (Phi) is 7.02. The summed E-state index contributed by atoms with van der Waals surface area (Å²) in [5, 5.41) is 0. The normalized spacial score (nSPS) is 18.0. The number of aryl methyl sites for hydroxylation is 1. The zero-order chi connectivity index (χ0) is 23.6. The van der Waals surface area contributed by atoms with E-state index in [1.165, 1.54) is 23.5 Å². The molecule has 1 aromatic heterocycles. The van der Waals surface area contributed by atoms with Crippen LogP contribution < -0.4 is 9.54 Å². The standard InChI is InChI=1S/C24H29N3O4S2/c1-4-13-27-21-12-9-19(31-3)15-22(21)32-24(27)25-23(28)18-7-10-20(11-8-18)33(29,30)26-14-5-6-17(2)16-26/h7-12,15,17H,4-6,13-14,16H2,1-3H3. The number of carbonyl (C=O) groups excluding carboxylic acids is 1. The molecule has 0 saturated carbocycles. The minimum Gasteiger partial charge on any atom is -0.497 e. The Bertz CT molecular complexity index is 1320. The predicted octanol–water partition coefficient (Wildman–Crippen LogP) is 4.28. The van der Waals surface area contributed by atoms with Crippen LogP contribution in [0, 0.1) is 5.92 Å². The zero-order valence-electron chi connectivity index (χ0n) is 19.2. The number of aromatic nitrogens is 1. The summed E-state index contributed by atoms with van der Waals surface area (Å²) in [4.78, 5) is 18.1. The maximum absolute atomic E-state index is 13.0. The summed E-state index contributed by atoms with van der Waals surface area (Å²) in [5.74, 6) is 0.711. The largest absolute Gasteiger partial charge is 0.497 e. The maximum atomic E-state index is 13.0. The lowest BCUT2D eigenvalue weighted by molar-refractivity contribution is 0.0997. The van der Waals surface area contributed by atoms with Crippen molar-refractivity contribution in [3.63, 3.8) is 0 Å². The minimum atomic E-state index is -3.56. The van der Waals surface area contributed by atoms with Crippen molar-refractivity contribution >= 4 is 37.5 Å². The van der Waals surface area contributed by atoms with Gasteiger partial charge < -0.3 is 9.30 Å². The van der Waals surface area contributed by atoms with Crippen molar-refractivity contribution in [3.8, 4) is 5.75 Å². The minimum absolute atomic E-state index is 0.211. The summed E-state index contributed by atoms with van der Waals surface area (Å²) in [5.41, 5.74) is 1.37.